The van der Waals surface area contributed by atoms with Crippen molar-refractivity contribution in [1.82, 2.24) is 5.32 Å². The first-order valence-corrected chi connectivity index (χ1v) is 13.8. The smallest absolute Gasteiger partial charge is 0.303 e. The van der Waals surface area contributed by atoms with Crippen LogP contribution in [0.5, 0.6) is 0 Å². The van der Waals surface area contributed by atoms with Crippen molar-refractivity contribution < 1.29 is 39.2 Å². The zero-order valence-electron chi connectivity index (χ0n) is 23.0. The summed E-state index contributed by atoms with van der Waals surface area (Å²) in [6.07, 6.45) is -0.452. The molecule has 4 N–H and O–H groups in total. The summed E-state index contributed by atoms with van der Waals surface area (Å²) in [6.45, 7) is 7.70. The second-order valence-corrected chi connectivity index (χ2v) is 12.3. The zero-order valence-corrected chi connectivity index (χ0v) is 23.0. The van der Waals surface area contributed by atoms with Crippen molar-refractivity contribution in [2.24, 2.45) is 29.1 Å². The monoisotopic (exact) mass is 541 g/mol. The van der Waals surface area contributed by atoms with Gasteiger partial charge in [0.15, 0.2) is 5.78 Å². The van der Waals surface area contributed by atoms with E-state index in [0.29, 0.717) is 6.42 Å². The Balaban J connectivity index is 1.72. The van der Waals surface area contributed by atoms with E-state index in [-0.39, 0.29) is 6.42 Å². The van der Waals surface area contributed by atoms with Gasteiger partial charge < -0.3 is 30.1 Å². The van der Waals surface area contributed by atoms with E-state index in [1.165, 1.54) is 13.8 Å². The molecule has 1 spiro atoms. The number of carbonyl (C=O) groups is 3. The Hall–Kier alpha value is -2.59. The van der Waals surface area contributed by atoms with Gasteiger partial charge in [0.1, 0.15) is 29.3 Å². The molecule has 9 nitrogen and oxygen atoms in total. The van der Waals surface area contributed by atoms with Crippen molar-refractivity contribution in [1.29, 1.82) is 0 Å². The van der Waals surface area contributed by atoms with Gasteiger partial charge in [-0.05, 0) is 38.2 Å². The van der Waals surface area contributed by atoms with Crippen molar-refractivity contribution >= 4 is 17.7 Å². The largest absolute Gasteiger partial charge is 0.458 e. The van der Waals surface area contributed by atoms with Crippen molar-refractivity contribution in [3.63, 3.8) is 0 Å². The van der Waals surface area contributed by atoms with Crippen LogP contribution in [0.25, 0.3) is 0 Å². The Morgan fingerprint density at radius 3 is 2.46 bits per heavy atom. The molecule has 1 amide bonds. The lowest BCUT2D eigenvalue weighted by atomic mass is 9.48. The summed E-state index contributed by atoms with van der Waals surface area (Å²) in [5.74, 6) is -4.21. The van der Waals surface area contributed by atoms with Gasteiger partial charge in [-0.2, -0.15) is 0 Å². The number of aliphatic hydroxyl groups excluding tert-OH is 1. The summed E-state index contributed by atoms with van der Waals surface area (Å²) in [5, 5.41) is 37.8. The number of epoxide rings is 1. The maximum Gasteiger partial charge on any atom is 0.303 e. The Labute approximate surface area is 228 Å². The van der Waals surface area contributed by atoms with Crippen LogP contribution in [0, 0.1) is 29.1 Å². The van der Waals surface area contributed by atoms with E-state index < -0.39 is 88.4 Å². The first-order chi connectivity index (χ1) is 18.2. The fourth-order valence-electron chi connectivity index (χ4n) is 7.68. The number of aliphatic hydroxyl groups is 3. The Morgan fingerprint density at radius 1 is 1.15 bits per heavy atom. The molecule has 5 rings (SSSR count). The van der Waals surface area contributed by atoms with Crippen molar-refractivity contribution in [3.8, 4) is 0 Å². The number of Topliss-reactive ketones (excluding diaryl/α,β-unsaturated/α-hetero) is 1. The minimum absolute atomic E-state index is 0.251. The van der Waals surface area contributed by atoms with Crippen molar-refractivity contribution in [2.45, 2.75) is 89.1 Å². The fraction of sp³-hybridized carbons (Fsp3) is 0.633. The minimum atomic E-state index is -1.87. The lowest BCUT2D eigenvalue weighted by Gasteiger charge is -2.57. The van der Waals surface area contributed by atoms with Gasteiger partial charge in [-0.3, -0.25) is 14.4 Å². The van der Waals surface area contributed by atoms with E-state index in [2.05, 4.69) is 5.32 Å². The summed E-state index contributed by atoms with van der Waals surface area (Å²) in [7, 11) is 0. The van der Waals surface area contributed by atoms with Gasteiger partial charge in [-0.15, -0.1) is 0 Å². The minimum Gasteiger partial charge on any atom is -0.458 e. The average Bonchev–Trinajstić information content (AvgIpc) is 3.63. The molecule has 1 aromatic rings. The molecule has 0 radical (unpaired) electrons. The predicted molar refractivity (Wildman–Crippen MR) is 140 cm³/mol. The summed E-state index contributed by atoms with van der Waals surface area (Å²) >= 11 is 0. The maximum absolute atomic E-state index is 14.3. The van der Waals surface area contributed by atoms with E-state index >= 15 is 0 Å². The number of hydrogen-bond acceptors (Lipinski definition) is 8. The molecule has 2 aliphatic heterocycles. The Kier molecular flexibility index (Phi) is 6.81. The van der Waals surface area contributed by atoms with Gasteiger partial charge >= 0.3 is 5.97 Å². The molecule has 4 aliphatic rings. The number of hydrogen-bond donors (Lipinski definition) is 4. The maximum atomic E-state index is 14.3. The van der Waals surface area contributed by atoms with E-state index in [1.807, 2.05) is 30.3 Å². The quantitative estimate of drug-likeness (QED) is 0.255. The number of esters is 1. The van der Waals surface area contributed by atoms with Crippen LogP contribution >= 0.6 is 0 Å². The van der Waals surface area contributed by atoms with Crippen LogP contribution in [0.4, 0.5) is 0 Å². The van der Waals surface area contributed by atoms with Gasteiger partial charge in [0.2, 0.25) is 5.91 Å². The van der Waals surface area contributed by atoms with Crippen LogP contribution in [-0.4, -0.2) is 74.6 Å². The van der Waals surface area contributed by atoms with E-state index in [0.717, 1.165) is 5.56 Å². The predicted octanol–water partition coefficient (Wildman–Crippen LogP) is 1.32. The molecule has 2 saturated heterocycles. The molecule has 1 saturated carbocycles. The second kappa shape index (κ2) is 9.51. The molecular formula is C30H39NO8. The van der Waals surface area contributed by atoms with Gasteiger partial charge in [0.05, 0.1) is 11.7 Å². The third-order valence-electron chi connectivity index (χ3n) is 9.87. The summed E-state index contributed by atoms with van der Waals surface area (Å²) in [5.41, 5.74) is -4.00. The number of fused-ring (bicyclic) bond motifs is 1. The summed E-state index contributed by atoms with van der Waals surface area (Å²) in [6, 6.07) is 9.19. The number of amides is 1. The third-order valence-corrected chi connectivity index (χ3v) is 9.87. The highest BCUT2D eigenvalue weighted by Crippen LogP contribution is 2.62. The Morgan fingerprint density at radius 2 is 1.82 bits per heavy atom. The molecule has 12 atom stereocenters. The topological polar surface area (TPSA) is 146 Å². The number of ketones is 1. The number of rotatable bonds is 3. The first-order valence-electron chi connectivity index (χ1n) is 13.8. The third kappa shape index (κ3) is 4.17. The molecule has 39 heavy (non-hydrogen) atoms. The number of benzene rings is 1. The van der Waals surface area contributed by atoms with E-state index in [9.17, 15) is 29.7 Å². The van der Waals surface area contributed by atoms with Crippen LogP contribution in [0.1, 0.15) is 46.6 Å². The zero-order chi connectivity index (χ0) is 28.5. The molecule has 212 valence electrons. The molecule has 2 aliphatic carbocycles. The van der Waals surface area contributed by atoms with E-state index in [1.54, 1.807) is 32.9 Å². The molecular weight excluding hydrogens is 502 g/mol. The number of carbonyl (C=O) groups excluding carboxylic acids is 3. The van der Waals surface area contributed by atoms with Crippen LogP contribution < -0.4 is 5.32 Å². The molecule has 0 unspecified atom stereocenters. The van der Waals surface area contributed by atoms with Crippen LogP contribution in [-0.2, 0) is 30.3 Å². The van der Waals surface area contributed by atoms with Crippen LogP contribution in [0.15, 0.2) is 42.5 Å². The Bertz CT molecular complexity index is 1180. The molecule has 0 aromatic heterocycles. The van der Waals surface area contributed by atoms with Crippen LogP contribution in [0.2, 0.25) is 0 Å². The summed E-state index contributed by atoms with van der Waals surface area (Å²) < 4.78 is 11.8. The highest BCUT2D eigenvalue weighted by Gasteiger charge is 2.76. The number of allylic oxidation sites excluding steroid dienone is 1. The normalized spacial score (nSPS) is 47.2. The van der Waals surface area contributed by atoms with E-state index in [4.69, 9.17) is 9.47 Å². The highest BCUT2D eigenvalue weighted by molar-refractivity contribution is 5.91. The van der Waals surface area contributed by atoms with Gasteiger partial charge in [0.25, 0.3) is 0 Å². The number of ether oxygens (including phenoxy) is 2. The molecule has 9 heteroatoms. The fourth-order valence-corrected chi connectivity index (χ4v) is 7.68. The molecule has 0 bridgehead atoms. The van der Waals surface area contributed by atoms with Gasteiger partial charge in [-0.25, -0.2) is 0 Å². The average molecular weight is 542 g/mol. The SMILES string of the molecule is CC(=O)O[C@@H]1[C@@H]2O[C@@H]2[C@@](C)(O)C(=O)[C@@H](C)CC=C[C@H]2[C@H](O)[C@@](C)(O)[C@@H](C)[C@H]3[C@H](Cc4ccccc4)NC(=O)[C@@]312. The molecule has 2 heterocycles. The highest BCUT2D eigenvalue weighted by atomic mass is 16.6. The van der Waals surface area contributed by atoms with Crippen molar-refractivity contribution in [3.05, 3.63) is 48.0 Å². The molecule has 3 fully saturated rings. The molecule has 1 aromatic carbocycles. The lowest BCUT2D eigenvalue weighted by Crippen LogP contribution is -2.69. The van der Waals surface area contributed by atoms with Crippen molar-refractivity contribution in [2.75, 3.05) is 0 Å². The van der Waals surface area contributed by atoms with Crippen LogP contribution in [0.3, 0.4) is 0 Å². The second-order valence-electron chi connectivity index (χ2n) is 12.3. The van der Waals surface area contributed by atoms with Gasteiger partial charge in [-0.1, -0.05) is 56.3 Å². The first kappa shape index (κ1) is 28.0. The number of nitrogens with one attached hydrogen (secondary N) is 1. The summed E-state index contributed by atoms with van der Waals surface area (Å²) in [4.78, 5) is 40.1. The van der Waals surface area contributed by atoms with Gasteiger partial charge in [0, 0.05) is 30.7 Å². The standard InChI is InChI=1S/C30H39NO8/c1-15-10-9-13-19-24(34)28(4,36)16(2)21-20(14-18-11-7-6-8-12-18)31-27(35)30(19,21)26(38-17(3)32)22-25(39-22)29(5,37)23(15)33/h6-9,11-13,15-16,19-22,24-26,34,36-37H,10,14H2,1-5H3,(H,31,35)/t15-,16-,19-,20-,21-,22+,24-,25-,26+,28-,29-,30-/m0/s1. The lowest BCUT2D eigenvalue weighted by molar-refractivity contribution is -0.224.